The Morgan fingerprint density at radius 3 is 2.78 bits per heavy atom. The first kappa shape index (κ1) is 17.7. The van der Waals surface area contributed by atoms with Crippen molar-refractivity contribution in [2.75, 3.05) is 0 Å². The molecule has 4 nitrogen and oxygen atoms in total. The van der Waals surface area contributed by atoms with Gasteiger partial charge in [-0.1, -0.05) is 61.5 Å². The van der Waals surface area contributed by atoms with Crippen molar-refractivity contribution in [3.05, 3.63) is 76.7 Å². The van der Waals surface area contributed by atoms with Crippen LogP contribution >= 0.6 is 11.8 Å². The van der Waals surface area contributed by atoms with E-state index in [-0.39, 0.29) is 5.56 Å². The molecule has 0 bridgehead atoms. The lowest BCUT2D eigenvalue weighted by molar-refractivity contribution is 0.558. The van der Waals surface area contributed by atoms with Gasteiger partial charge in [-0.25, -0.2) is 4.98 Å². The van der Waals surface area contributed by atoms with E-state index in [1.807, 2.05) is 41.1 Å². The zero-order valence-corrected chi connectivity index (χ0v) is 16.1. The normalized spacial score (nSPS) is 11.3. The number of nitrogens with zero attached hydrogens (tertiary/aromatic N) is 3. The van der Waals surface area contributed by atoms with Gasteiger partial charge in [-0.15, -0.1) is 0 Å². The highest BCUT2D eigenvalue weighted by atomic mass is 32.2. The molecule has 27 heavy (non-hydrogen) atoms. The van der Waals surface area contributed by atoms with Crippen LogP contribution in [0.25, 0.3) is 21.8 Å². The quantitative estimate of drug-likeness (QED) is 0.350. The van der Waals surface area contributed by atoms with E-state index in [1.165, 1.54) is 0 Å². The SMILES string of the molecule is CCCCn1c(SCc2cccc3cccnc23)nc2ccccc2c1=O. The number of hydrogen-bond donors (Lipinski definition) is 0. The van der Waals surface area contributed by atoms with Gasteiger partial charge in [0.2, 0.25) is 0 Å². The van der Waals surface area contributed by atoms with Crippen molar-refractivity contribution < 1.29 is 0 Å². The summed E-state index contributed by atoms with van der Waals surface area (Å²) in [7, 11) is 0. The van der Waals surface area contributed by atoms with Gasteiger partial charge in [0.15, 0.2) is 5.16 Å². The van der Waals surface area contributed by atoms with Gasteiger partial charge in [0.05, 0.1) is 16.4 Å². The van der Waals surface area contributed by atoms with Crippen molar-refractivity contribution in [3.63, 3.8) is 0 Å². The maximum Gasteiger partial charge on any atom is 0.262 e. The topological polar surface area (TPSA) is 47.8 Å². The molecule has 2 aromatic heterocycles. The predicted molar refractivity (Wildman–Crippen MR) is 112 cm³/mol. The van der Waals surface area contributed by atoms with E-state index in [0.29, 0.717) is 11.9 Å². The number of hydrogen-bond acceptors (Lipinski definition) is 4. The molecule has 4 aromatic rings. The third-order valence-electron chi connectivity index (χ3n) is 4.63. The molecule has 0 spiro atoms. The number of benzene rings is 2. The standard InChI is InChI=1S/C22H21N3OS/c1-2-3-14-25-21(26)18-11-4-5-12-19(18)24-22(25)27-15-17-9-6-8-16-10-7-13-23-20(16)17/h4-13H,2-3,14-15H2,1H3. The number of para-hydroxylation sites is 2. The Bertz CT molecular complexity index is 1150. The molecule has 0 saturated heterocycles. The van der Waals surface area contributed by atoms with Crippen LogP contribution in [0.3, 0.4) is 0 Å². The number of unbranched alkanes of at least 4 members (excludes halogenated alkanes) is 1. The van der Waals surface area contributed by atoms with Crippen molar-refractivity contribution in [2.45, 2.75) is 37.2 Å². The molecule has 2 aromatic carbocycles. The number of thioether (sulfide) groups is 1. The third-order valence-corrected chi connectivity index (χ3v) is 5.66. The summed E-state index contributed by atoms with van der Waals surface area (Å²) >= 11 is 1.61. The van der Waals surface area contributed by atoms with Gasteiger partial charge < -0.3 is 0 Å². The van der Waals surface area contributed by atoms with Gasteiger partial charge in [0.1, 0.15) is 0 Å². The van der Waals surface area contributed by atoms with Crippen molar-refractivity contribution in [1.82, 2.24) is 14.5 Å². The van der Waals surface area contributed by atoms with E-state index in [9.17, 15) is 4.79 Å². The van der Waals surface area contributed by atoms with E-state index in [4.69, 9.17) is 4.98 Å². The molecule has 0 atom stereocenters. The molecule has 0 saturated carbocycles. The fourth-order valence-corrected chi connectivity index (χ4v) is 4.21. The molecule has 0 fully saturated rings. The van der Waals surface area contributed by atoms with E-state index >= 15 is 0 Å². The lowest BCUT2D eigenvalue weighted by atomic mass is 10.1. The van der Waals surface area contributed by atoms with E-state index in [0.717, 1.165) is 45.7 Å². The first-order valence-electron chi connectivity index (χ1n) is 9.23. The van der Waals surface area contributed by atoms with E-state index in [1.54, 1.807) is 11.8 Å². The second-order valence-electron chi connectivity index (χ2n) is 6.50. The highest BCUT2D eigenvalue weighted by Crippen LogP contribution is 2.26. The van der Waals surface area contributed by atoms with Gasteiger partial charge in [-0.2, -0.15) is 0 Å². The van der Waals surface area contributed by atoms with E-state index in [2.05, 4.69) is 36.2 Å². The second-order valence-corrected chi connectivity index (χ2v) is 7.45. The maximum absolute atomic E-state index is 13.0. The predicted octanol–water partition coefficient (Wildman–Crippen LogP) is 5.04. The van der Waals surface area contributed by atoms with Gasteiger partial charge >= 0.3 is 0 Å². The Hall–Kier alpha value is -2.66. The zero-order valence-electron chi connectivity index (χ0n) is 15.3. The monoisotopic (exact) mass is 375 g/mol. The van der Waals surface area contributed by atoms with E-state index < -0.39 is 0 Å². The Morgan fingerprint density at radius 2 is 1.89 bits per heavy atom. The Kier molecular flexibility index (Phi) is 5.21. The summed E-state index contributed by atoms with van der Waals surface area (Å²) in [5.74, 6) is 0.727. The highest BCUT2D eigenvalue weighted by Gasteiger charge is 2.12. The van der Waals surface area contributed by atoms with Crippen LogP contribution in [0.15, 0.2) is 70.7 Å². The molecule has 0 amide bonds. The highest BCUT2D eigenvalue weighted by molar-refractivity contribution is 7.98. The second kappa shape index (κ2) is 7.92. The third kappa shape index (κ3) is 3.60. The Balaban J connectivity index is 1.73. The van der Waals surface area contributed by atoms with Crippen LogP contribution < -0.4 is 5.56 Å². The maximum atomic E-state index is 13.0. The minimum atomic E-state index is 0.0487. The van der Waals surface area contributed by atoms with Crippen LogP contribution in [0.2, 0.25) is 0 Å². The van der Waals surface area contributed by atoms with Gasteiger partial charge in [0, 0.05) is 23.9 Å². The molecule has 0 N–H and O–H groups in total. The molecular weight excluding hydrogens is 354 g/mol. The Labute approximate surface area is 162 Å². The number of rotatable bonds is 6. The fraction of sp³-hybridized carbons (Fsp3) is 0.227. The molecule has 0 radical (unpaired) electrons. The first-order chi connectivity index (χ1) is 13.3. The summed E-state index contributed by atoms with van der Waals surface area (Å²) in [4.78, 5) is 22.3. The van der Waals surface area contributed by atoms with Crippen molar-refractivity contribution in [1.29, 1.82) is 0 Å². The average Bonchev–Trinajstić information content (AvgIpc) is 2.72. The van der Waals surface area contributed by atoms with Crippen LogP contribution in [-0.2, 0) is 12.3 Å². The molecule has 136 valence electrons. The van der Waals surface area contributed by atoms with Crippen LogP contribution in [0.4, 0.5) is 0 Å². The first-order valence-corrected chi connectivity index (χ1v) is 10.2. The van der Waals surface area contributed by atoms with Crippen molar-refractivity contribution in [2.24, 2.45) is 0 Å². The molecule has 2 heterocycles. The molecule has 5 heteroatoms. The van der Waals surface area contributed by atoms with Crippen LogP contribution in [0.1, 0.15) is 25.3 Å². The molecule has 0 aliphatic rings. The zero-order chi connectivity index (χ0) is 18.6. The molecule has 0 aliphatic heterocycles. The summed E-state index contributed by atoms with van der Waals surface area (Å²) in [6.07, 6.45) is 3.82. The molecule has 0 unspecified atom stereocenters. The fourth-order valence-electron chi connectivity index (χ4n) is 3.20. The summed E-state index contributed by atoms with van der Waals surface area (Å²) in [5.41, 5.74) is 2.97. The molecular formula is C22H21N3OS. The van der Waals surface area contributed by atoms with Crippen LogP contribution in [0.5, 0.6) is 0 Å². The number of fused-ring (bicyclic) bond motifs is 2. The Morgan fingerprint density at radius 1 is 1.04 bits per heavy atom. The minimum Gasteiger partial charge on any atom is -0.287 e. The average molecular weight is 375 g/mol. The lowest BCUT2D eigenvalue weighted by Crippen LogP contribution is -2.23. The van der Waals surface area contributed by atoms with Gasteiger partial charge in [-0.05, 0) is 30.2 Å². The largest absolute Gasteiger partial charge is 0.287 e. The lowest BCUT2D eigenvalue weighted by Gasteiger charge is -2.13. The summed E-state index contributed by atoms with van der Waals surface area (Å²) < 4.78 is 1.83. The van der Waals surface area contributed by atoms with Crippen LogP contribution in [0, 0.1) is 0 Å². The van der Waals surface area contributed by atoms with Gasteiger partial charge in [0.25, 0.3) is 5.56 Å². The minimum absolute atomic E-state index is 0.0487. The van der Waals surface area contributed by atoms with Crippen molar-refractivity contribution >= 4 is 33.6 Å². The number of aromatic nitrogens is 3. The van der Waals surface area contributed by atoms with Gasteiger partial charge in [-0.3, -0.25) is 14.3 Å². The molecule has 0 aliphatic carbocycles. The van der Waals surface area contributed by atoms with Crippen LogP contribution in [-0.4, -0.2) is 14.5 Å². The summed E-state index contributed by atoms with van der Waals surface area (Å²) in [6, 6.07) is 17.8. The number of pyridine rings is 1. The smallest absolute Gasteiger partial charge is 0.262 e. The van der Waals surface area contributed by atoms with Crippen molar-refractivity contribution in [3.8, 4) is 0 Å². The summed E-state index contributed by atoms with van der Waals surface area (Å²) in [5, 5.41) is 2.59. The summed E-state index contributed by atoms with van der Waals surface area (Å²) in [6.45, 7) is 2.83. The molecule has 4 rings (SSSR count).